The monoisotopic (exact) mass is 483 g/mol. The van der Waals surface area contributed by atoms with Crippen molar-refractivity contribution in [2.24, 2.45) is 7.05 Å². The third-order valence-electron chi connectivity index (χ3n) is 4.94. The molecule has 0 atom stereocenters. The summed E-state index contributed by atoms with van der Waals surface area (Å²) >= 11 is 1.74. The maximum absolute atomic E-state index is 4.81. The SMILES string of the molecule is Cc1n(-c2ccccc2)c2ccc(-c3nc4ccccc4s3)cc2[n+]1C.[I-]. The first-order valence-corrected chi connectivity index (χ1v) is 9.46. The van der Waals surface area contributed by atoms with Crippen molar-refractivity contribution in [2.75, 3.05) is 0 Å². The normalized spacial score (nSPS) is 11.0. The van der Waals surface area contributed by atoms with Crippen LogP contribution in [0.2, 0.25) is 0 Å². The van der Waals surface area contributed by atoms with Crippen LogP contribution >= 0.6 is 11.3 Å². The summed E-state index contributed by atoms with van der Waals surface area (Å²) in [7, 11) is 2.12. The van der Waals surface area contributed by atoms with E-state index in [4.69, 9.17) is 4.98 Å². The van der Waals surface area contributed by atoms with E-state index in [-0.39, 0.29) is 24.0 Å². The van der Waals surface area contributed by atoms with Crippen molar-refractivity contribution in [1.82, 2.24) is 9.55 Å². The second-order valence-electron chi connectivity index (χ2n) is 6.47. The first-order valence-electron chi connectivity index (χ1n) is 8.65. The van der Waals surface area contributed by atoms with Crippen LogP contribution in [0.15, 0.2) is 72.8 Å². The summed E-state index contributed by atoms with van der Waals surface area (Å²) in [5.74, 6) is 1.20. The number of rotatable bonds is 2. The summed E-state index contributed by atoms with van der Waals surface area (Å²) in [5.41, 5.74) is 5.84. The third-order valence-corrected chi connectivity index (χ3v) is 6.03. The molecule has 27 heavy (non-hydrogen) atoms. The first kappa shape index (κ1) is 18.1. The van der Waals surface area contributed by atoms with Gasteiger partial charge in [0, 0.05) is 12.5 Å². The number of aromatic nitrogens is 3. The number of imidazole rings is 1. The Morgan fingerprint density at radius 3 is 2.44 bits per heavy atom. The minimum absolute atomic E-state index is 0. The molecule has 0 aliphatic heterocycles. The molecule has 3 aromatic carbocycles. The summed E-state index contributed by atoms with van der Waals surface area (Å²) < 4.78 is 5.78. The zero-order valence-corrected chi connectivity index (χ0v) is 18.0. The molecule has 0 radical (unpaired) electrons. The Labute approximate surface area is 178 Å². The molecule has 5 rings (SSSR count). The van der Waals surface area contributed by atoms with Crippen LogP contribution in [0.1, 0.15) is 5.82 Å². The van der Waals surface area contributed by atoms with Gasteiger partial charge in [0.25, 0.3) is 5.82 Å². The van der Waals surface area contributed by atoms with Gasteiger partial charge in [-0.05, 0) is 42.5 Å². The van der Waals surface area contributed by atoms with E-state index in [1.165, 1.54) is 32.8 Å². The highest BCUT2D eigenvalue weighted by atomic mass is 127. The Balaban J connectivity index is 0.00000180. The molecule has 0 fully saturated rings. The molecule has 2 aromatic heterocycles. The quantitative estimate of drug-likeness (QED) is 0.278. The molecule has 0 saturated heterocycles. The molecule has 0 aliphatic rings. The summed E-state index contributed by atoms with van der Waals surface area (Å²) in [5, 5.41) is 1.07. The predicted octanol–water partition coefficient (Wildman–Crippen LogP) is 2.04. The van der Waals surface area contributed by atoms with E-state index in [9.17, 15) is 0 Å². The lowest BCUT2D eigenvalue weighted by atomic mass is 10.2. The molecular formula is C22H18IN3S. The van der Waals surface area contributed by atoms with E-state index < -0.39 is 0 Å². The number of para-hydroxylation sites is 2. The molecule has 134 valence electrons. The van der Waals surface area contributed by atoms with Crippen molar-refractivity contribution < 1.29 is 28.5 Å². The van der Waals surface area contributed by atoms with Crippen molar-refractivity contribution in [3.8, 4) is 16.3 Å². The van der Waals surface area contributed by atoms with Crippen LogP contribution in [0.4, 0.5) is 0 Å². The molecule has 0 aliphatic carbocycles. The Bertz CT molecular complexity index is 1220. The van der Waals surface area contributed by atoms with Gasteiger partial charge in [0.1, 0.15) is 10.7 Å². The van der Waals surface area contributed by atoms with Crippen molar-refractivity contribution in [1.29, 1.82) is 0 Å². The number of aryl methyl sites for hydroxylation is 1. The molecule has 0 saturated carbocycles. The largest absolute Gasteiger partial charge is 1.00 e. The number of fused-ring (bicyclic) bond motifs is 2. The van der Waals surface area contributed by atoms with Crippen molar-refractivity contribution >= 4 is 32.6 Å². The van der Waals surface area contributed by atoms with Crippen LogP contribution in [0.5, 0.6) is 0 Å². The van der Waals surface area contributed by atoms with Crippen LogP contribution in [0.3, 0.4) is 0 Å². The van der Waals surface area contributed by atoms with Crippen molar-refractivity contribution in [3.63, 3.8) is 0 Å². The highest BCUT2D eigenvalue weighted by Gasteiger charge is 2.21. The number of hydrogen-bond donors (Lipinski definition) is 0. The Kier molecular flexibility index (Phi) is 4.74. The van der Waals surface area contributed by atoms with E-state index in [0.717, 1.165) is 10.5 Å². The summed E-state index contributed by atoms with van der Waals surface area (Å²) in [6.07, 6.45) is 0. The zero-order chi connectivity index (χ0) is 17.7. The van der Waals surface area contributed by atoms with E-state index in [1.54, 1.807) is 11.3 Å². The summed E-state index contributed by atoms with van der Waals surface area (Å²) in [6.45, 7) is 2.16. The van der Waals surface area contributed by atoms with E-state index >= 15 is 0 Å². The molecule has 0 unspecified atom stereocenters. The molecule has 5 aromatic rings. The molecule has 3 nitrogen and oxygen atoms in total. The molecule has 0 spiro atoms. The zero-order valence-electron chi connectivity index (χ0n) is 15.1. The van der Waals surface area contributed by atoms with Gasteiger partial charge in [0.15, 0.2) is 11.0 Å². The average molecular weight is 483 g/mol. The lowest BCUT2D eigenvalue weighted by Crippen LogP contribution is -3.00. The minimum Gasteiger partial charge on any atom is -1.00 e. The van der Waals surface area contributed by atoms with Crippen LogP contribution in [-0.2, 0) is 7.05 Å². The number of nitrogens with zero attached hydrogens (tertiary/aromatic N) is 3. The molecule has 0 bridgehead atoms. The fourth-order valence-electron chi connectivity index (χ4n) is 3.51. The Morgan fingerprint density at radius 2 is 1.67 bits per heavy atom. The van der Waals surface area contributed by atoms with Crippen LogP contribution < -0.4 is 28.5 Å². The van der Waals surface area contributed by atoms with Crippen molar-refractivity contribution in [2.45, 2.75) is 6.92 Å². The minimum atomic E-state index is 0. The van der Waals surface area contributed by atoms with Crippen LogP contribution in [0.25, 0.3) is 37.5 Å². The van der Waals surface area contributed by atoms with Crippen LogP contribution in [0, 0.1) is 6.92 Å². The van der Waals surface area contributed by atoms with E-state index in [2.05, 4.69) is 89.8 Å². The van der Waals surface area contributed by atoms with Gasteiger partial charge in [-0.1, -0.05) is 30.3 Å². The predicted molar refractivity (Wildman–Crippen MR) is 108 cm³/mol. The van der Waals surface area contributed by atoms with Gasteiger partial charge in [-0.15, -0.1) is 11.3 Å². The third kappa shape index (κ3) is 2.95. The van der Waals surface area contributed by atoms with Gasteiger partial charge in [-0.3, -0.25) is 0 Å². The molecule has 0 amide bonds. The summed E-state index contributed by atoms with van der Waals surface area (Å²) in [6, 6.07) is 25.4. The maximum Gasteiger partial charge on any atom is 0.259 e. The lowest BCUT2D eigenvalue weighted by Gasteiger charge is -1.99. The topological polar surface area (TPSA) is 21.7 Å². The molecule has 2 heterocycles. The first-order chi connectivity index (χ1) is 12.7. The van der Waals surface area contributed by atoms with Gasteiger partial charge in [-0.25, -0.2) is 9.55 Å². The number of hydrogen-bond acceptors (Lipinski definition) is 2. The Hall–Kier alpha value is -2.25. The van der Waals surface area contributed by atoms with Gasteiger partial charge >= 0.3 is 0 Å². The van der Waals surface area contributed by atoms with Crippen molar-refractivity contribution in [3.05, 3.63) is 78.6 Å². The van der Waals surface area contributed by atoms with E-state index in [0.29, 0.717) is 0 Å². The van der Waals surface area contributed by atoms with Gasteiger partial charge < -0.3 is 24.0 Å². The number of halogens is 1. The highest BCUT2D eigenvalue weighted by molar-refractivity contribution is 7.21. The second-order valence-corrected chi connectivity index (χ2v) is 7.50. The molecular weight excluding hydrogens is 465 g/mol. The van der Waals surface area contributed by atoms with Gasteiger partial charge in [0.2, 0.25) is 0 Å². The fraction of sp³-hybridized carbons (Fsp3) is 0.0909. The second kappa shape index (κ2) is 7.05. The number of thiazole rings is 1. The summed E-state index contributed by atoms with van der Waals surface area (Å²) in [4.78, 5) is 4.81. The number of benzene rings is 3. The van der Waals surface area contributed by atoms with Gasteiger partial charge in [0.05, 0.1) is 17.3 Å². The van der Waals surface area contributed by atoms with Gasteiger partial charge in [-0.2, -0.15) is 4.57 Å². The standard InChI is InChI=1S/C22H18N3S.HI/c1-15-24(2)20-14-16(22-23-18-10-6-7-11-21(18)26-22)12-13-19(20)25(15)17-8-4-3-5-9-17;/h3-14H,1-2H3;1H/q+1;/p-1. The smallest absolute Gasteiger partial charge is 0.259 e. The fourth-order valence-corrected chi connectivity index (χ4v) is 4.47. The average Bonchev–Trinajstić information content (AvgIpc) is 3.22. The lowest BCUT2D eigenvalue weighted by molar-refractivity contribution is -0.652. The molecule has 0 N–H and O–H groups in total. The van der Waals surface area contributed by atoms with Crippen LogP contribution in [-0.4, -0.2) is 9.55 Å². The maximum atomic E-state index is 4.81. The highest BCUT2D eigenvalue weighted by Crippen LogP contribution is 2.32. The Morgan fingerprint density at radius 1 is 0.926 bits per heavy atom. The molecule has 5 heteroatoms. The van der Waals surface area contributed by atoms with E-state index in [1.807, 2.05) is 6.07 Å².